The molecule has 2 N–H and O–H groups in total. The van der Waals surface area contributed by atoms with Gasteiger partial charge in [-0.25, -0.2) is 9.78 Å². The zero-order valence-electron chi connectivity index (χ0n) is 12.3. The maximum absolute atomic E-state index is 12.1. The lowest BCUT2D eigenvalue weighted by Gasteiger charge is -2.01. The van der Waals surface area contributed by atoms with Gasteiger partial charge in [0.15, 0.2) is 5.89 Å². The number of hydrogen-bond acceptors (Lipinski definition) is 6. The Morgan fingerprint density at radius 2 is 2.14 bits per heavy atom. The molecule has 0 atom stereocenters. The van der Waals surface area contributed by atoms with E-state index in [1.165, 1.54) is 0 Å². The average Bonchev–Trinajstić information content (AvgIpc) is 2.76. The molecular formula is C14H16N2O5S. The number of thiophene rings is 1. The maximum atomic E-state index is 12.1. The fourth-order valence-electron chi connectivity index (χ4n) is 2.01. The van der Waals surface area contributed by atoms with Gasteiger partial charge >= 0.3 is 11.6 Å². The van der Waals surface area contributed by atoms with E-state index >= 15 is 0 Å². The lowest BCUT2D eigenvalue weighted by atomic mass is 10.2. The van der Waals surface area contributed by atoms with Crippen LogP contribution in [0.5, 0.6) is 0 Å². The Bertz CT molecular complexity index is 777. The van der Waals surface area contributed by atoms with Gasteiger partial charge in [0.1, 0.15) is 10.2 Å². The molecule has 0 aliphatic carbocycles. The molecule has 2 rings (SSSR count). The third-order valence-corrected chi connectivity index (χ3v) is 4.25. The predicted octanol–water partition coefficient (Wildman–Crippen LogP) is 1.71. The minimum Gasteiger partial charge on any atom is -0.481 e. The molecular weight excluding hydrogens is 308 g/mol. The summed E-state index contributed by atoms with van der Waals surface area (Å²) in [4.78, 5) is 39.7. The molecule has 0 aliphatic heterocycles. The number of carbonyl (C=O) groups is 2. The number of hydrogen-bond donors (Lipinski definition) is 2. The van der Waals surface area contributed by atoms with Gasteiger partial charge in [0.25, 0.3) is 5.91 Å². The zero-order valence-corrected chi connectivity index (χ0v) is 13.1. The van der Waals surface area contributed by atoms with Crippen molar-refractivity contribution in [2.75, 3.05) is 6.54 Å². The third-order valence-electron chi connectivity index (χ3n) is 3.06. The molecule has 0 spiro atoms. The standard InChI is InChI=1S/C14H16N2O5S/c1-3-4-8-16-13-10(14(20)21-8)7(2)11(22-13)12(19)15-6-5-9(17)18/h3-6H2,1-2H3,(H,15,19)(H,17,18). The van der Waals surface area contributed by atoms with Crippen molar-refractivity contribution >= 4 is 33.4 Å². The first-order chi connectivity index (χ1) is 10.4. The SMILES string of the molecule is CCCc1nc2sc(C(=O)NCCC(=O)O)c(C)c2c(=O)o1. The van der Waals surface area contributed by atoms with Gasteiger partial charge in [0.2, 0.25) is 0 Å². The molecule has 0 fully saturated rings. The van der Waals surface area contributed by atoms with Gasteiger partial charge in [0.05, 0.1) is 11.3 Å². The molecule has 0 radical (unpaired) electrons. The second-order valence-electron chi connectivity index (χ2n) is 4.78. The van der Waals surface area contributed by atoms with Crippen molar-refractivity contribution in [3.63, 3.8) is 0 Å². The monoisotopic (exact) mass is 324 g/mol. The fourth-order valence-corrected chi connectivity index (χ4v) is 3.11. The summed E-state index contributed by atoms with van der Waals surface area (Å²) >= 11 is 1.11. The second-order valence-corrected chi connectivity index (χ2v) is 5.78. The first kappa shape index (κ1) is 16.2. The van der Waals surface area contributed by atoms with E-state index in [2.05, 4.69) is 10.3 Å². The van der Waals surface area contributed by atoms with Gasteiger partial charge in [-0.05, 0) is 18.9 Å². The molecule has 8 heteroatoms. The van der Waals surface area contributed by atoms with Gasteiger partial charge < -0.3 is 14.8 Å². The molecule has 0 unspecified atom stereocenters. The van der Waals surface area contributed by atoms with Gasteiger partial charge in [0, 0.05) is 13.0 Å². The van der Waals surface area contributed by atoms with Crippen molar-refractivity contribution in [3.05, 3.63) is 26.8 Å². The molecule has 2 heterocycles. The Hall–Kier alpha value is -2.22. The topological polar surface area (TPSA) is 110 Å². The van der Waals surface area contributed by atoms with Gasteiger partial charge in [-0.15, -0.1) is 11.3 Å². The Morgan fingerprint density at radius 1 is 1.41 bits per heavy atom. The van der Waals surface area contributed by atoms with Crippen LogP contribution in [0.2, 0.25) is 0 Å². The van der Waals surface area contributed by atoms with Crippen molar-refractivity contribution in [1.82, 2.24) is 10.3 Å². The van der Waals surface area contributed by atoms with Crippen LogP contribution in [0.4, 0.5) is 0 Å². The van der Waals surface area contributed by atoms with Crippen LogP contribution >= 0.6 is 11.3 Å². The number of carbonyl (C=O) groups excluding carboxylic acids is 1. The number of aryl methyl sites for hydroxylation is 2. The zero-order chi connectivity index (χ0) is 16.3. The average molecular weight is 324 g/mol. The van der Waals surface area contributed by atoms with E-state index in [1.54, 1.807) is 6.92 Å². The van der Waals surface area contributed by atoms with Crippen molar-refractivity contribution in [3.8, 4) is 0 Å². The normalized spacial score (nSPS) is 10.8. The molecule has 2 aromatic heterocycles. The summed E-state index contributed by atoms with van der Waals surface area (Å²) in [6.45, 7) is 3.64. The number of carboxylic acids is 1. The molecule has 2 aromatic rings. The lowest BCUT2D eigenvalue weighted by Crippen LogP contribution is -2.25. The van der Waals surface area contributed by atoms with E-state index in [1.807, 2.05) is 6.92 Å². The molecule has 0 saturated heterocycles. The summed E-state index contributed by atoms with van der Waals surface area (Å²) in [6.07, 6.45) is 1.20. The Balaban J connectivity index is 2.33. The van der Waals surface area contributed by atoms with Gasteiger partial charge in [-0.1, -0.05) is 6.92 Å². The van der Waals surface area contributed by atoms with Crippen LogP contribution in [0.1, 0.15) is 40.9 Å². The number of aromatic nitrogens is 1. The Morgan fingerprint density at radius 3 is 2.77 bits per heavy atom. The fraction of sp³-hybridized carbons (Fsp3) is 0.429. The predicted molar refractivity (Wildman–Crippen MR) is 81.5 cm³/mol. The molecule has 1 amide bonds. The van der Waals surface area contributed by atoms with Crippen LogP contribution in [-0.2, 0) is 11.2 Å². The molecule has 7 nitrogen and oxygen atoms in total. The van der Waals surface area contributed by atoms with Crippen LogP contribution in [0.25, 0.3) is 10.2 Å². The van der Waals surface area contributed by atoms with E-state index in [4.69, 9.17) is 9.52 Å². The van der Waals surface area contributed by atoms with Gasteiger partial charge in [-0.3, -0.25) is 9.59 Å². The summed E-state index contributed by atoms with van der Waals surface area (Å²) in [5, 5.41) is 11.4. The van der Waals surface area contributed by atoms with Crippen LogP contribution in [-0.4, -0.2) is 28.5 Å². The molecule has 0 aromatic carbocycles. The first-order valence-corrected chi connectivity index (χ1v) is 7.68. The molecule has 118 valence electrons. The maximum Gasteiger partial charge on any atom is 0.348 e. The highest BCUT2D eigenvalue weighted by Gasteiger charge is 2.20. The number of carboxylic acid groups (broad SMARTS) is 1. The summed E-state index contributed by atoms with van der Waals surface area (Å²) in [5.41, 5.74) is 0.0175. The number of amides is 1. The number of nitrogens with one attached hydrogen (secondary N) is 1. The minimum absolute atomic E-state index is 0.0327. The van der Waals surface area contributed by atoms with E-state index in [0.29, 0.717) is 33.0 Å². The summed E-state index contributed by atoms with van der Waals surface area (Å²) in [6, 6.07) is 0. The molecule has 0 aliphatic rings. The van der Waals surface area contributed by atoms with Crippen LogP contribution < -0.4 is 10.9 Å². The highest BCUT2D eigenvalue weighted by molar-refractivity contribution is 7.20. The number of aliphatic carboxylic acids is 1. The summed E-state index contributed by atoms with van der Waals surface area (Å²) in [5.74, 6) is -1.03. The van der Waals surface area contributed by atoms with Crippen LogP contribution in [0.3, 0.4) is 0 Å². The summed E-state index contributed by atoms with van der Waals surface area (Å²) < 4.78 is 5.15. The number of nitrogens with zero attached hydrogens (tertiary/aromatic N) is 1. The lowest BCUT2D eigenvalue weighted by molar-refractivity contribution is -0.136. The summed E-state index contributed by atoms with van der Waals surface area (Å²) in [7, 11) is 0. The number of fused-ring (bicyclic) bond motifs is 1. The third kappa shape index (κ3) is 3.33. The molecule has 0 saturated carbocycles. The highest BCUT2D eigenvalue weighted by Crippen LogP contribution is 2.27. The van der Waals surface area contributed by atoms with Crippen molar-refractivity contribution < 1.29 is 19.1 Å². The first-order valence-electron chi connectivity index (χ1n) is 6.87. The van der Waals surface area contributed by atoms with Crippen LogP contribution in [0.15, 0.2) is 9.21 Å². The Labute approximate surface area is 130 Å². The largest absolute Gasteiger partial charge is 0.481 e. The van der Waals surface area contributed by atoms with E-state index in [-0.39, 0.29) is 13.0 Å². The van der Waals surface area contributed by atoms with Crippen molar-refractivity contribution in [1.29, 1.82) is 0 Å². The minimum atomic E-state index is -0.986. The quantitative estimate of drug-likeness (QED) is 0.837. The van der Waals surface area contributed by atoms with Crippen molar-refractivity contribution in [2.24, 2.45) is 0 Å². The van der Waals surface area contributed by atoms with Gasteiger partial charge in [-0.2, -0.15) is 0 Å². The van der Waals surface area contributed by atoms with E-state index in [0.717, 1.165) is 17.8 Å². The smallest absolute Gasteiger partial charge is 0.348 e. The van der Waals surface area contributed by atoms with Crippen molar-refractivity contribution in [2.45, 2.75) is 33.1 Å². The van der Waals surface area contributed by atoms with E-state index in [9.17, 15) is 14.4 Å². The molecule has 22 heavy (non-hydrogen) atoms. The highest BCUT2D eigenvalue weighted by atomic mass is 32.1. The molecule has 0 bridgehead atoms. The van der Waals surface area contributed by atoms with E-state index < -0.39 is 17.5 Å². The number of rotatable bonds is 6. The second kappa shape index (κ2) is 6.69. The Kier molecular flexibility index (Phi) is 4.92. The van der Waals surface area contributed by atoms with Crippen LogP contribution in [0, 0.1) is 6.92 Å².